The molecule has 4 nitrogen and oxygen atoms in total. The zero-order valence-electron chi connectivity index (χ0n) is 11.5. The minimum absolute atomic E-state index is 0.0178. The summed E-state index contributed by atoms with van der Waals surface area (Å²) in [5.41, 5.74) is 1.33. The summed E-state index contributed by atoms with van der Waals surface area (Å²) in [6, 6.07) is 5.50. The average molecular weight is 309 g/mol. The molecule has 0 bridgehead atoms. The van der Waals surface area contributed by atoms with E-state index in [1.165, 1.54) is 11.8 Å². The van der Waals surface area contributed by atoms with Crippen LogP contribution >= 0.6 is 23.5 Å². The van der Waals surface area contributed by atoms with Gasteiger partial charge in [-0.25, -0.2) is 4.99 Å². The summed E-state index contributed by atoms with van der Waals surface area (Å²) in [4.78, 5) is 16.2. The molecule has 0 amide bonds. The van der Waals surface area contributed by atoms with Crippen LogP contribution in [-0.4, -0.2) is 29.5 Å². The van der Waals surface area contributed by atoms with Crippen molar-refractivity contribution in [3.05, 3.63) is 29.5 Å². The molecule has 0 radical (unpaired) electrons. The fourth-order valence-corrected chi connectivity index (χ4v) is 3.41. The molecule has 0 N–H and O–H groups in total. The second-order valence-corrected chi connectivity index (χ2v) is 6.32. The van der Waals surface area contributed by atoms with E-state index in [0.29, 0.717) is 17.2 Å². The molecule has 0 fully saturated rings. The molecule has 2 rings (SSSR count). The molecular formula is C14H15NO3S2. The Hall–Kier alpha value is -1.40. The van der Waals surface area contributed by atoms with Crippen molar-refractivity contribution in [3.63, 3.8) is 0 Å². The summed E-state index contributed by atoms with van der Waals surface area (Å²) in [6.45, 7) is 2.04. The van der Waals surface area contributed by atoms with Gasteiger partial charge >= 0.3 is 0 Å². The van der Waals surface area contributed by atoms with Crippen LogP contribution in [0, 0.1) is 0 Å². The molecule has 0 spiro atoms. The number of hydrogen-bond donors (Lipinski definition) is 0. The van der Waals surface area contributed by atoms with E-state index in [4.69, 9.17) is 9.47 Å². The van der Waals surface area contributed by atoms with E-state index >= 15 is 0 Å². The van der Waals surface area contributed by atoms with Crippen molar-refractivity contribution >= 4 is 39.1 Å². The van der Waals surface area contributed by atoms with E-state index in [1.807, 2.05) is 25.1 Å². The van der Waals surface area contributed by atoms with Gasteiger partial charge in [0.25, 0.3) is 0 Å². The van der Waals surface area contributed by atoms with Gasteiger partial charge in [-0.1, -0.05) is 24.8 Å². The number of carbonyl (C=O) groups is 1. The second kappa shape index (κ2) is 6.85. The largest absolute Gasteiger partial charge is 0.493 e. The lowest BCUT2D eigenvalue weighted by Gasteiger charge is -2.07. The van der Waals surface area contributed by atoms with Gasteiger partial charge in [-0.3, -0.25) is 4.79 Å². The van der Waals surface area contributed by atoms with Crippen molar-refractivity contribution in [3.8, 4) is 11.5 Å². The monoisotopic (exact) mass is 309 g/mol. The number of hydrogen-bond acceptors (Lipinski definition) is 6. The Balaban J connectivity index is 2.28. The maximum Gasteiger partial charge on any atom is 0.244 e. The molecule has 0 unspecified atom stereocenters. The predicted molar refractivity (Wildman–Crippen MR) is 85.7 cm³/mol. The van der Waals surface area contributed by atoms with E-state index in [9.17, 15) is 4.79 Å². The van der Waals surface area contributed by atoms with Crippen molar-refractivity contribution in [1.82, 2.24) is 0 Å². The number of rotatable bonds is 4. The minimum Gasteiger partial charge on any atom is -0.493 e. The molecule has 0 saturated heterocycles. The number of ether oxygens (including phenoxy) is 2. The number of aliphatic imine (C=N–C) groups is 1. The highest BCUT2D eigenvalue weighted by molar-refractivity contribution is 8.45. The van der Waals surface area contributed by atoms with Crippen molar-refractivity contribution in [2.24, 2.45) is 4.99 Å². The molecule has 1 aliphatic heterocycles. The molecule has 1 aromatic carbocycles. The fraction of sp³-hybridized carbons (Fsp3) is 0.286. The fourth-order valence-electron chi connectivity index (χ4n) is 1.68. The predicted octanol–water partition coefficient (Wildman–Crippen LogP) is 3.43. The highest BCUT2D eigenvalue weighted by atomic mass is 32.2. The molecule has 1 aliphatic rings. The number of thioether (sulfide) groups is 2. The van der Waals surface area contributed by atoms with Gasteiger partial charge in [0.1, 0.15) is 10.1 Å². The first-order valence-corrected chi connectivity index (χ1v) is 7.85. The Morgan fingerprint density at radius 3 is 2.70 bits per heavy atom. The summed E-state index contributed by atoms with van der Waals surface area (Å²) in [5.74, 6) is 2.20. The van der Waals surface area contributed by atoms with E-state index < -0.39 is 0 Å². The van der Waals surface area contributed by atoms with Crippen LogP contribution in [0.3, 0.4) is 0 Å². The van der Waals surface area contributed by atoms with Crippen LogP contribution < -0.4 is 9.47 Å². The highest BCUT2D eigenvalue weighted by Gasteiger charge is 2.22. The van der Waals surface area contributed by atoms with Crippen molar-refractivity contribution in [2.75, 3.05) is 20.0 Å². The normalized spacial score (nSPS) is 16.4. The van der Waals surface area contributed by atoms with Crippen LogP contribution in [0.25, 0.3) is 6.08 Å². The zero-order chi connectivity index (χ0) is 14.5. The minimum atomic E-state index is -0.0178. The van der Waals surface area contributed by atoms with Crippen LogP contribution in [0.4, 0.5) is 0 Å². The second-order valence-electron chi connectivity index (χ2n) is 3.84. The molecule has 106 valence electrons. The maximum atomic E-state index is 11.9. The molecule has 0 saturated carbocycles. The van der Waals surface area contributed by atoms with Crippen LogP contribution in [0.2, 0.25) is 0 Å². The third kappa shape index (κ3) is 3.37. The summed E-state index contributed by atoms with van der Waals surface area (Å²) in [7, 11) is 3.17. The maximum absolute atomic E-state index is 11.9. The zero-order valence-corrected chi connectivity index (χ0v) is 13.1. The number of nitrogens with zero attached hydrogens (tertiary/aromatic N) is 1. The lowest BCUT2D eigenvalue weighted by Crippen LogP contribution is -1.92. The van der Waals surface area contributed by atoms with Gasteiger partial charge in [-0.05, 0) is 41.3 Å². The number of methoxy groups -OCH3 is 2. The lowest BCUT2D eigenvalue weighted by molar-refractivity contribution is -0.107. The van der Waals surface area contributed by atoms with E-state index in [-0.39, 0.29) is 5.12 Å². The van der Waals surface area contributed by atoms with Gasteiger partial charge in [0.2, 0.25) is 5.12 Å². The van der Waals surface area contributed by atoms with Gasteiger partial charge in [-0.2, -0.15) is 0 Å². The van der Waals surface area contributed by atoms with Crippen LogP contribution in [0.15, 0.2) is 28.9 Å². The molecular weight excluding hydrogens is 294 g/mol. The summed E-state index contributed by atoms with van der Waals surface area (Å²) in [5, 5.41) is -0.0178. The third-order valence-corrected chi connectivity index (χ3v) is 4.47. The van der Waals surface area contributed by atoms with Crippen LogP contribution in [0.1, 0.15) is 12.5 Å². The summed E-state index contributed by atoms with van der Waals surface area (Å²) < 4.78 is 11.2. The molecule has 1 heterocycles. The Kier molecular flexibility index (Phi) is 5.14. The first kappa shape index (κ1) is 15.0. The smallest absolute Gasteiger partial charge is 0.244 e. The molecule has 0 atom stereocenters. The molecule has 6 heteroatoms. The van der Waals surface area contributed by atoms with Crippen LogP contribution in [-0.2, 0) is 4.79 Å². The lowest BCUT2D eigenvalue weighted by atomic mass is 10.1. The van der Waals surface area contributed by atoms with Gasteiger partial charge in [-0.15, -0.1) is 0 Å². The Bertz CT molecular complexity index is 582. The molecule has 0 aromatic heterocycles. The van der Waals surface area contributed by atoms with Crippen molar-refractivity contribution < 1.29 is 14.3 Å². The first-order chi connectivity index (χ1) is 9.67. The van der Waals surface area contributed by atoms with E-state index in [2.05, 4.69) is 4.99 Å². The molecule has 20 heavy (non-hydrogen) atoms. The summed E-state index contributed by atoms with van der Waals surface area (Å²) in [6.07, 6.45) is 1.76. The van der Waals surface area contributed by atoms with Crippen LogP contribution in [0.5, 0.6) is 11.5 Å². The third-order valence-electron chi connectivity index (χ3n) is 2.58. The van der Waals surface area contributed by atoms with Gasteiger partial charge < -0.3 is 9.47 Å². The van der Waals surface area contributed by atoms with Gasteiger partial charge in [0, 0.05) is 0 Å². The topological polar surface area (TPSA) is 47.9 Å². The molecule has 0 aliphatic carbocycles. The Labute approximate surface area is 126 Å². The van der Waals surface area contributed by atoms with Crippen molar-refractivity contribution in [1.29, 1.82) is 0 Å². The van der Waals surface area contributed by atoms with E-state index in [0.717, 1.165) is 15.7 Å². The molecule has 1 aromatic rings. The average Bonchev–Trinajstić information content (AvgIpc) is 2.79. The first-order valence-electron chi connectivity index (χ1n) is 6.05. The Morgan fingerprint density at radius 2 is 2.05 bits per heavy atom. The standard InChI is InChI=1S/C14H15NO3S2/c1-4-19-14-15-10(13(16)20-14)7-9-5-6-11(17-2)12(8-9)18-3/h5-8H,4H2,1-3H3/b10-7-. The van der Waals surface area contributed by atoms with Crippen molar-refractivity contribution in [2.45, 2.75) is 6.92 Å². The highest BCUT2D eigenvalue weighted by Crippen LogP contribution is 2.32. The quantitative estimate of drug-likeness (QED) is 0.798. The summed E-state index contributed by atoms with van der Waals surface area (Å²) >= 11 is 2.76. The van der Waals surface area contributed by atoms with E-state index in [1.54, 1.807) is 32.1 Å². The number of benzene rings is 1. The van der Waals surface area contributed by atoms with Gasteiger partial charge in [0.05, 0.1) is 14.2 Å². The van der Waals surface area contributed by atoms with Gasteiger partial charge in [0.15, 0.2) is 11.5 Å². The number of carbonyl (C=O) groups excluding carboxylic acids is 1. The SMILES string of the molecule is CCSC1=N/C(=C\c2ccc(OC)c(OC)c2)C(=O)S1. The Morgan fingerprint density at radius 1 is 1.30 bits per heavy atom.